The van der Waals surface area contributed by atoms with Crippen LogP contribution in [0.2, 0.25) is 0 Å². The molecule has 0 aromatic carbocycles. The Balaban J connectivity index is 0.000000160. The van der Waals surface area contributed by atoms with Crippen molar-refractivity contribution in [3.05, 3.63) is 42.2 Å². The van der Waals surface area contributed by atoms with E-state index in [4.69, 9.17) is 5.41 Å². The molecule has 0 unspecified atom stereocenters. The van der Waals surface area contributed by atoms with Crippen molar-refractivity contribution in [1.82, 2.24) is 28.8 Å². The van der Waals surface area contributed by atoms with Crippen molar-refractivity contribution < 1.29 is 5.21 Å². The number of aromatic nitrogens is 6. The SMILES string of the molecule is CC(C)(C)n1ccc2c(=N)n(O)cnc21.CC1=NN(C)c2ncnc3c2c1cn3C(C)(C)C. The second-order valence-corrected chi connectivity index (χ2v) is 10.2. The van der Waals surface area contributed by atoms with Gasteiger partial charge in [0.25, 0.3) is 0 Å². The molecule has 10 nitrogen and oxygen atoms in total. The normalized spacial score (nSPS) is 13.8. The van der Waals surface area contributed by atoms with Gasteiger partial charge in [-0.05, 0) is 54.5 Å². The summed E-state index contributed by atoms with van der Waals surface area (Å²) in [4.78, 5) is 12.9. The molecule has 0 amide bonds. The van der Waals surface area contributed by atoms with Crippen LogP contribution in [0.15, 0.2) is 36.2 Å². The summed E-state index contributed by atoms with van der Waals surface area (Å²) in [6.45, 7) is 14.7. The van der Waals surface area contributed by atoms with Crippen molar-refractivity contribution in [2.75, 3.05) is 12.1 Å². The average molecular weight is 450 g/mol. The minimum atomic E-state index is -0.0805. The van der Waals surface area contributed by atoms with Gasteiger partial charge in [-0.15, -0.1) is 0 Å². The van der Waals surface area contributed by atoms with Crippen LogP contribution in [-0.4, -0.2) is 46.8 Å². The smallest absolute Gasteiger partial charge is 0.173 e. The van der Waals surface area contributed by atoms with Crippen molar-refractivity contribution in [3.63, 3.8) is 0 Å². The van der Waals surface area contributed by atoms with Crippen LogP contribution in [0.1, 0.15) is 54.0 Å². The Bertz CT molecular complexity index is 1440. The van der Waals surface area contributed by atoms with Crippen molar-refractivity contribution in [3.8, 4) is 0 Å². The highest BCUT2D eigenvalue weighted by Crippen LogP contribution is 2.34. The summed E-state index contributed by atoms with van der Waals surface area (Å²) in [5.74, 6) is 0.878. The summed E-state index contributed by atoms with van der Waals surface area (Å²) in [7, 11) is 1.92. The predicted octanol–water partition coefficient (Wildman–Crippen LogP) is 3.67. The summed E-state index contributed by atoms with van der Waals surface area (Å²) in [5.41, 5.74) is 3.81. The quantitative estimate of drug-likeness (QED) is 0.398. The molecule has 0 saturated heterocycles. The van der Waals surface area contributed by atoms with Gasteiger partial charge >= 0.3 is 0 Å². The third-order valence-electron chi connectivity index (χ3n) is 5.64. The topological polar surface area (TPSA) is 113 Å². The van der Waals surface area contributed by atoms with E-state index in [2.05, 4.69) is 72.4 Å². The maximum absolute atomic E-state index is 9.29. The van der Waals surface area contributed by atoms with E-state index in [1.165, 1.54) is 6.33 Å². The second-order valence-electron chi connectivity index (χ2n) is 10.2. The first-order valence-electron chi connectivity index (χ1n) is 10.8. The van der Waals surface area contributed by atoms with Crippen LogP contribution in [0.3, 0.4) is 0 Å². The van der Waals surface area contributed by atoms with Crippen molar-refractivity contribution >= 4 is 33.6 Å². The molecule has 0 spiro atoms. The summed E-state index contributed by atoms with van der Waals surface area (Å²) in [5, 5.41) is 25.0. The highest BCUT2D eigenvalue weighted by molar-refractivity contribution is 6.14. The van der Waals surface area contributed by atoms with Crippen molar-refractivity contribution in [1.29, 1.82) is 5.41 Å². The summed E-state index contributed by atoms with van der Waals surface area (Å²) in [6, 6.07) is 1.79. The fourth-order valence-electron chi connectivity index (χ4n) is 3.98. The molecule has 2 N–H and O–H groups in total. The Morgan fingerprint density at radius 1 is 0.939 bits per heavy atom. The van der Waals surface area contributed by atoms with Crippen LogP contribution < -0.4 is 10.5 Å². The van der Waals surface area contributed by atoms with Gasteiger partial charge in [-0.25, -0.2) is 15.0 Å². The largest absolute Gasteiger partial charge is 0.425 e. The summed E-state index contributed by atoms with van der Waals surface area (Å²) >= 11 is 0. The van der Waals surface area contributed by atoms with Gasteiger partial charge in [-0.2, -0.15) is 9.83 Å². The maximum atomic E-state index is 9.29. The first-order valence-corrected chi connectivity index (χ1v) is 10.8. The van der Waals surface area contributed by atoms with Crippen molar-refractivity contribution in [2.45, 2.75) is 59.5 Å². The molecule has 1 aliphatic rings. The third-order valence-corrected chi connectivity index (χ3v) is 5.64. The molecule has 174 valence electrons. The lowest BCUT2D eigenvalue weighted by atomic mass is 10.1. The van der Waals surface area contributed by atoms with Gasteiger partial charge in [0.15, 0.2) is 11.3 Å². The molecular formula is C23H31N9O. The molecule has 0 atom stereocenters. The fourth-order valence-corrected chi connectivity index (χ4v) is 3.98. The van der Waals surface area contributed by atoms with E-state index in [1.54, 1.807) is 12.4 Å². The average Bonchev–Trinajstić information content (AvgIpc) is 3.32. The molecule has 1 aliphatic heterocycles. The Morgan fingerprint density at radius 2 is 1.61 bits per heavy atom. The molecule has 4 aromatic rings. The lowest BCUT2D eigenvalue weighted by Crippen LogP contribution is -2.23. The predicted molar refractivity (Wildman–Crippen MR) is 129 cm³/mol. The Labute approximate surface area is 192 Å². The van der Waals surface area contributed by atoms with Crippen LogP contribution in [0.5, 0.6) is 0 Å². The molecule has 5 rings (SSSR count). The zero-order valence-electron chi connectivity index (χ0n) is 20.4. The Hall–Kier alpha value is -3.69. The Morgan fingerprint density at radius 3 is 2.24 bits per heavy atom. The fraction of sp³-hybridized carbons (Fsp3) is 0.435. The van der Waals surface area contributed by atoms with Crippen LogP contribution >= 0.6 is 0 Å². The van der Waals surface area contributed by atoms with Gasteiger partial charge in [-0.3, -0.25) is 10.4 Å². The van der Waals surface area contributed by atoms with Crippen molar-refractivity contribution in [2.24, 2.45) is 5.10 Å². The molecule has 10 heteroatoms. The van der Waals surface area contributed by atoms with Gasteiger partial charge < -0.3 is 14.3 Å². The van der Waals surface area contributed by atoms with E-state index in [1.807, 2.05) is 29.7 Å². The summed E-state index contributed by atoms with van der Waals surface area (Å²) < 4.78 is 4.90. The number of hydrogen-bond acceptors (Lipinski definition) is 7. The van der Waals surface area contributed by atoms with Crippen LogP contribution in [0.25, 0.3) is 22.1 Å². The van der Waals surface area contributed by atoms with Gasteiger partial charge in [0, 0.05) is 36.1 Å². The third kappa shape index (κ3) is 3.75. The second kappa shape index (κ2) is 7.43. The lowest BCUT2D eigenvalue weighted by molar-refractivity contribution is 0.168. The standard InChI is InChI=1S/C13H17N5.C10H14N4O/c1-8-9-6-18(13(2,3)4)12-10(9)11(14-7-15-12)17(5)16-8;1-10(2,3)13-5-4-7-8(11)14(15)6-12-9(7)13/h6-7H,1-5H3;4-6,11,15H,1-3H3. The number of nitrogens with one attached hydrogen (secondary N) is 1. The van der Waals surface area contributed by atoms with Gasteiger partial charge in [-0.1, -0.05) is 0 Å². The molecule has 4 aromatic heterocycles. The number of anilines is 1. The number of rotatable bonds is 0. The molecular weight excluding hydrogens is 418 g/mol. The zero-order chi connectivity index (χ0) is 24.3. The first-order chi connectivity index (χ1) is 15.3. The monoisotopic (exact) mass is 449 g/mol. The number of hydrazone groups is 1. The van der Waals surface area contributed by atoms with Gasteiger partial charge in [0.2, 0.25) is 0 Å². The molecule has 0 bridgehead atoms. The maximum Gasteiger partial charge on any atom is 0.173 e. The van der Waals surface area contributed by atoms with Crippen LogP contribution in [0.4, 0.5) is 5.82 Å². The minimum absolute atomic E-state index is 0.00862. The van der Waals surface area contributed by atoms with E-state index in [-0.39, 0.29) is 16.6 Å². The molecule has 0 saturated carbocycles. The molecule has 0 aliphatic carbocycles. The van der Waals surface area contributed by atoms with E-state index in [0.717, 1.165) is 38.5 Å². The summed E-state index contributed by atoms with van der Waals surface area (Å²) in [6.07, 6.45) is 6.87. The highest BCUT2D eigenvalue weighted by atomic mass is 16.5. The molecule has 33 heavy (non-hydrogen) atoms. The number of fused-ring (bicyclic) bond motifs is 1. The lowest BCUT2D eigenvalue weighted by Gasteiger charge is -2.22. The molecule has 0 radical (unpaired) electrons. The number of hydrogen-bond donors (Lipinski definition) is 2. The number of nitrogens with zero attached hydrogens (tertiary/aromatic N) is 8. The van der Waals surface area contributed by atoms with E-state index in [9.17, 15) is 5.21 Å². The van der Waals surface area contributed by atoms with E-state index < -0.39 is 0 Å². The van der Waals surface area contributed by atoms with Crippen LogP contribution in [-0.2, 0) is 11.1 Å². The van der Waals surface area contributed by atoms with Gasteiger partial charge in [0.1, 0.15) is 23.9 Å². The van der Waals surface area contributed by atoms with Crippen LogP contribution in [0, 0.1) is 5.41 Å². The Kier molecular flexibility index (Phi) is 5.07. The van der Waals surface area contributed by atoms with E-state index in [0.29, 0.717) is 5.39 Å². The zero-order valence-corrected chi connectivity index (χ0v) is 20.4. The van der Waals surface area contributed by atoms with E-state index >= 15 is 0 Å². The minimum Gasteiger partial charge on any atom is -0.425 e. The molecule has 5 heterocycles. The molecule has 0 fully saturated rings. The highest BCUT2D eigenvalue weighted by Gasteiger charge is 2.26. The first kappa shape index (κ1) is 22.5. The van der Waals surface area contributed by atoms with Gasteiger partial charge in [0.05, 0.1) is 16.5 Å².